The fraction of sp³-hybridized carbons (Fsp3) is 1.00. The Labute approximate surface area is 124 Å². The first-order valence-corrected chi connectivity index (χ1v) is 7.83. The first kappa shape index (κ1) is 19.8. The molecule has 0 radical (unpaired) electrons. The molecule has 20 heavy (non-hydrogen) atoms. The van der Waals surface area contributed by atoms with Crippen LogP contribution >= 0.6 is 0 Å². The van der Waals surface area contributed by atoms with Gasteiger partial charge >= 0.3 is 0 Å². The zero-order valence-corrected chi connectivity index (χ0v) is 13.3. The number of hydrogen-bond acceptors (Lipinski definition) is 6. The number of rotatable bonds is 13. The van der Waals surface area contributed by atoms with Gasteiger partial charge in [-0.1, -0.05) is 13.3 Å². The van der Waals surface area contributed by atoms with E-state index in [0.717, 1.165) is 39.0 Å². The van der Waals surface area contributed by atoms with Gasteiger partial charge in [-0.3, -0.25) is 9.80 Å². The predicted octanol–water partition coefficient (Wildman–Crippen LogP) is -0.984. The molecule has 0 heterocycles. The Balaban J connectivity index is 4.65. The van der Waals surface area contributed by atoms with Gasteiger partial charge < -0.3 is 22.3 Å². The lowest BCUT2D eigenvalue weighted by Gasteiger charge is -2.35. The summed E-state index contributed by atoms with van der Waals surface area (Å²) in [5, 5.41) is 9.60. The second-order valence-corrected chi connectivity index (χ2v) is 5.45. The molecule has 0 amide bonds. The van der Waals surface area contributed by atoms with Crippen LogP contribution < -0.4 is 17.2 Å². The fourth-order valence-electron chi connectivity index (χ4n) is 2.64. The average Bonchev–Trinajstić information content (AvgIpc) is 2.37. The van der Waals surface area contributed by atoms with Crippen LogP contribution in [0.2, 0.25) is 0 Å². The monoisotopic (exact) mass is 289 g/mol. The number of nitrogens with two attached hydrogens (primary N) is 3. The van der Waals surface area contributed by atoms with Gasteiger partial charge in [0.15, 0.2) is 0 Å². The van der Waals surface area contributed by atoms with Crippen molar-refractivity contribution in [3.63, 3.8) is 0 Å². The van der Waals surface area contributed by atoms with E-state index in [1.54, 1.807) is 0 Å². The number of hydrogen-bond donors (Lipinski definition) is 4. The normalized spacial score (nSPS) is 15.0. The molecule has 6 heteroatoms. The van der Waals surface area contributed by atoms with E-state index in [9.17, 15) is 5.11 Å². The quantitative estimate of drug-likeness (QED) is 0.347. The van der Waals surface area contributed by atoms with Gasteiger partial charge in [0, 0.05) is 58.4 Å². The van der Waals surface area contributed by atoms with E-state index in [0.29, 0.717) is 32.2 Å². The average molecular weight is 289 g/mol. The third kappa shape index (κ3) is 8.84. The maximum Gasteiger partial charge on any atom is 0.0639 e. The van der Waals surface area contributed by atoms with Crippen molar-refractivity contribution in [3.05, 3.63) is 0 Å². The van der Waals surface area contributed by atoms with Crippen molar-refractivity contribution in [1.82, 2.24) is 9.80 Å². The van der Waals surface area contributed by atoms with Crippen LogP contribution in [0.4, 0.5) is 0 Å². The van der Waals surface area contributed by atoms with Crippen LogP contribution in [-0.4, -0.2) is 79.4 Å². The molecule has 2 atom stereocenters. The third-order valence-electron chi connectivity index (χ3n) is 3.41. The second kappa shape index (κ2) is 12.5. The summed E-state index contributed by atoms with van der Waals surface area (Å²) in [5.74, 6) is 0. The van der Waals surface area contributed by atoms with Crippen molar-refractivity contribution in [2.45, 2.75) is 38.8 Å². The Bertz CT molecular complexity index is 210. The molecule has 0 fully saturated rings. The summed E-state index contributed by atoms with van der Waals surface area (Å²) in [5.41, 5.74) is 17.1. The standard InChI is InChI=1S/C14H35N5O/c1-3-4-14(19(9-6-16)10-7-17)12-18(8-5-15)11-13(2)20/h13-14,20H,3-12,15-17H2,1-2H3. The van der Waals surface area contributed by atoms with Crippen LogP contribution in [0, 0.1) is 0 Å². The van der Waals surface area contributed by atoms with E-state index in [4.69, 9.17) is 17.2 Å². The SMILES string of the molecule is CCCC(CN(CCN)CC(C)O)N(CCN)CCN. The van der Waals surface area contributed by atoms with Crippen molar-refractivity contribution in [2.24, 2.45) is 17.2 Å². The summed E-state index contributed by atoms with van der Waals surface area (Å²) in [6.45, 7) is 10.0. The Morgan fingerprint density at radius 1 is 0.950 bits per heavy atom. The van der Waals surface area contributed by atoms with Crippen LogP contribution in [0.1, 0.15) is 26.7 Å². The lowest BCUT2D eigenvalue weighted by atomic mass is 10.1. The minimum atomic E-state index is -0.332. The Hall–Kier alpha value is -0.240. The number of nitrogens with zero attached hydrogens (tertiary/aromatic N) is 2. The number of aliphatic hydroxyl groups excluding tert-OH is 1. The highest BCUT2D eigenvalue weighted by Gasteiger charge is 2.20. The van der Waals surface area contributed by atoms with Gasteiger partial charge in [0.1, 0.15) is 0 Å². The van der Waals surface area contributed by atoms with Gasteiger partial charge in [-0.25, -0.2) is 0 Å². The van der Waals surface area contributed by atoms with Crippen LogP contribution in [0.25, 0.3) is 0 Å². The first-order chi connectivity index (χ1) is 9.58. The molecule has 7 N–H and O–H groups in total. The molecular weight excluding hydrogens is 254 g/mol. The Morgan fingerprint density at radius 2 is 1.50 bits per heavy atom. The zero-order valence-electron chi connectivity index (χ0n) is 13.3. The fourth-order valence-corrected chi connectivity index (χ4v) is 2.64. The van der Waals surface area contributed by atoms with Crippen LogP contribution in [-0.2, 0) is 0 Å². The summed E-state index contributed by atoms with van der Waals surface area (Å²) < 4.78 is 0. The molecule has 0 saturated heterocycles. The summed E-state index contributed by atoms with van der Waals surface area (Å²) in [6.07, 6.45) is 1.91. The number of aliphatic hydroxyl groups is 1. The van der Waals surface area contributed by atoms with E-state index in [2.05, 4.69) is 16.7 Å². The molecule has 0 spiro atoms. The topological polar surface area (TPSA) is 105 Å². The lowest BCUT2D eigenvalue weighted by molar-refractivity contribution is 0.0918. The van der Waals surface area contributed by atoms with E-state index >= 15 is 0 Å². The van der Waals surface area contributed by atoms with Gasteiger partial charge in [0.2, 0.25) is 0 Å². The minimum absolute atomic E-state index is 0.332. The highest BCUT2D eigenvalue weighted by Crippen LogP contribution is 2.09. The maximum absolute atomic E-state index is 9.60. The minimum Gasteiger partial charge on any atom is -0.392 e. The van der Waals surface area contributed by atoms with Gasteiger partial charge in [0.05, 0.1) is 6.10 Å². The summed E-state index contributed by atoms with van der Waals surface area (Å²) in [6, 6.07) is 0.428. The van der Waals surface area contributed by atoms with Crippen molar-refractivity contribution in [2.75, 3.05) is 52.4 Å². The van der Waals surface area contributed by atoms with E-state index in [1.807, 2.05) is 6.92 Å². The molecule has 0 aromatic rings. The smallest absolute Gasteiger partial charge is 0.0639 e. The molecule has 0 aromatic carbocycles. The second-order valence-electron chi connectivity index (χ2n) is 5.45. The first-order valence-electron chi connectivity index (χ1n) is 7.83. The highest BCUT2D eigenvalue weighted by atomic mass is 16.3. The molecule has 122 valence electrons. The van der Waals surface area contributed by atoms with E-state index in [-0.39, 0.29) is 6.10 Å². The van der Waals surface area contributed by atoms with E-state index < -0.39 is 0 Å². The van der Waals surface area contributed by atoms with Crippen molar-refractivity contribution in [3.8, 4) is 0 Å². The molecule has 0 aliphatic carbocycles. The van der Waals surface area contributed by atoms with Crippen molar-refractivity contribution in [1.29, 1.82) is 0 Å². The van der Waals surface area contributed by atoms with Crippen LogP contribution in [0.15, 0.2) is 0 Å². The largest absolute Gasteiger partial charge is 0.392 e. The summed E-state index contributed by atoms with van der Waals surface area (Å²) in [7, 11) is 0. The van der Waals surface area contributed by atoms with Gasteiger partial charge in [0.25, 0.3) is 0 Å². The highest BCUT2D eigenvalue weighted by molar-refractivity contribution is 4.77. The molecule has 0 aliphatic rings. The lowest BCUT2D eigenvalue weighted by Crippen LogP contribution is -2.49. The van der Waals surface area contributed by atoms with Gasteiger partial charge in [-0.15, -0.1) is 0 Å². The predicted molar refractivity (Wildman–Crippen MR) is 85.6 cm³/mol. The van der Waals surface area contributed by atoms with Crippen LogP contribution in [0.5, 0.6) is 0 Å². The molecule has 0 rings (SSSR count). The molecule has 0 saturated carbocycles. The Kier molecular flexibility index (Phi) is 12.3. The molecule has 0 aromatic heterocycles. The van der Waals surface area contributed by atoms with Crippen molar-refractivity contribution < 1.29 is 5.11 Å². The molecule has 2 unspecified atom stereocenters. The molecule has 6 nitrogen and oxygen atoms in total. The van der Waals surface area contributed by atoms with E-state index in [1.165, 1.54) is 0 Å². The third-order valence-corrected chi connectivity index (χ3v) is 3.41. The van der Waals surface area contributed by atoms with Gasteiger partial charge in [-0.05, 0) is 13.3 Å². The van der Waals surface area contributed by atoms with Crippen molar-refractivity contribution >= 4 is 0 Å². The summed E-state index contributed by atoms with van der Waals surface area (Å²) in [4.78, 5) is 4.61. The van der Waals surface area contributed by atoms with Crippen LogP contribution in [0.3, 0.4) is 0 Å². The van der Waals surface area contributed by atoms with Gasteiger partial charge in [-0.2, -0.15) is 0 Å². The zero-order chi connectivity index (χ0) is 15.4. The molecule has 0 aliphatic heterocycles. The molecule has 0 bridgehead atoms. The molecular formula is C14H35N5O. The summed E-state index contributed by atoms with van der Waals surface area (Å²) >= 11 is 0. The Morgan fingerprint density at radius 3 is 1.90 bits per heavy atom. The maximum atomic E-state index is 9.60.